The Morgan fingerprint density at radius 3 is 1.73 bits per heavy atom. The molecule has 0 bridgehead atoms. The predicted molar refractivity (Wildman–Crippen MR) is 51.7 cm³/mol. The molecule has 0 atom stereocenters. The SMILES string of the molecule is CC(=O)NCN(CNC(C)=O)CC(=O)O. The first-order valence-corrected chi connectivity index (χ1v) is 4.35. The molecule has 7 nitrogen and oxygen atoms in total. The number of carbonyl (C=O) groups is 3. The van der Waals surface area contributed by atoms with Crippen LogP contribution in [0.4, 0.5) is 0 Å². The topological polar surface area (TPSA) is 98.7 Å². The molecule has 0 spiro atoms. The van der Waals surface area contributed by atoms with E-state index in [1.807, 2.05) is 0 Å². The van der Waals surface area contributed by atoms with Gasteiger partial charge in [-0.2, -0.15) is 0 Å². The van der Waals surface area contributed by atoms with Gasteiger partial charge in [0.2, 0.25) is 11.8 Å². The third kappa shape index (κ3) is 8.69. The molecule has 0 aliphatic rings. The molecule has 0 aromatic heterocycles. The molecule has 0 rings (SSSR count). The van der Waals surface area contributed by atoms with E-state index in [-0.39, 0.29) is 31.7 Å². The summed E-state index contributed by atoms with van der Waals surface area (Å²) >= 11 is 0. The number of nitrogens with one attached hydrogen (secondary N) is 2. The van der Waals surface area contributed by atoms with Gasteiger partial charge in [0.25, 0.3) is 0 Å². The van der Waals surface area contributed by atoms with E-state index in [0.717, 1.165) is 0 Å². The van der Waals surface area contributed by atoms with Crippen molar-refractivity contribution in [2.24, 2.45) is 0 Å². The standard InChI is InChI=1S/C8H15N3O4/c1-6(12)9-4-11(3-8(14)15)5-10-7(2)13/h3-5H2,1-2H3,(H,9,12)(H,10,13)(H,14,15). The maximum Gasteiger partial charge on any atom is 0.317 e. The summed E-state index contributed by atoms with van der Waals surface area (Å²) in [6.45, 7) is 2.58. The average Bonchev–Trinajstić information content (AvgIpc) is 2.08. The normalized spacial score (nSPS) is 9.80. The summed E-state index contributed by atoms with van der Waals surface area (Å²) in [5.74, 6) is -1.54. The Kier molecular flexibility index (Phi) is 6.03. The van der Waals surface area contributed by atoms with Crippen LogP contribution in [0.5, 0.6) is 0 Å². The number of hydrogen-bond acceptors (Lipinski definition) is 4. The number of nitrogens with zero attached hydrogens (tertiary/aromatic N) is 1. The van der Waals surface area contributed by atoms with E-state index < -0.39 is 5.97 Å². The number of carboxylic acids is 1. The van der Waals surface area contributed by atoms with Crippen LogP contribution in [0.15, 0.2) is 0 Å². The van der Waals surface area contributed by atoms with E-state index in [9.17, 15) is 14.4 Å². The van der Waals surface area contributed by atoms with Crippen LogP contribution in [-0.4, -0.2) is 47.7 Å². The van der Waals surface area contributed by atoms with Crippen LogP contribution < -0.4 is 10.6 Å². The zero-order valence-electron chi connectivity index (χ0n) is 8.74. The van der Waals surface area contributed by atoms with E-state index in [1.165, 1.54) is 18.7 Å². The first kappa shape index (κ1) is 13.4. The molecule has 3 N–H and O–H groups in total. The molecule has 0 aromatic rings. The molecule has 86 valence electrons. The Labute approximate surface area is 87.4 Å². The van der Waals surface area contributed by atoms with Gasteiger partial charge in [-0.1, -0.05) is 0 Å². The lowest BCUT2D eigenvalue weighted by atomic mass is 10.5. The third-order valence-corrected chi connectivity index (χ3v) is 1.46. The number of carboxylic acid groups (broad SMARTS) is 1. The molecule has 7 heteroatoms. The minimum Gasteiger partial charge on any atom is -0.480 e. The van der Waals surface area contributed by atoms with Crippen molar-refractivity contribution in [3.8, 4) is 0 Å². The fourth-order valence-corrected chi connectivity index (χ4v) is 0.805. The number of hydrogen-bond donors (Lipinski definition) is 3. The second-order valence-electron chi connectivity index (χ2n) is 3.00. The summed E-state index contributed by atoms with van der Waals surface area (Å²) in [7, 11) is 0. The van der Waals surface area contributed by atoms with Gasteiger partial charge in [0.15, 0.2) is 0 Å². The van der Waals surface area contributed by atoms with Gasteiger partial charge in [-0.05, 0) is 0 Å². The van der Waals surface area contributed by atoms with Crippen LogP contribution in [0.2, 0.25) is 0 Å². The van der Waals surface area contributed by atoms with Crippen molar-refractivity contribution in [2.45, 2.75) is 13.8 Å². The van der Waals surface area contributed by atoms with Crippen molar-refractivity contribution in [2.75, 3.05) is 19.9 Å². The van der Waals surface area contributed by atoms with Gasteiger partial charge < -0.3 is 15.7 Å². The summed E-state index contributed by atoms with van der Waals surface area (Å²) in [5.41, 5.74) is 0. The minimum atomic E-state index is -1.02. The lowest BCUT2D eigenvalue weighted by Crippen LogP contribution is -2.45. The highest BCUT2D eigenvalue weighted by Gasteiger charge is 2.09. The molecule has 0 saturated carbocycles. The number of amides is 2. The van der Waals surface area contributed by atoms with Gasteiger partial charge in [-0.3, -0.25) is 19.3 Å². The van der Waals surface area contributed by atoms with E-state index >= 15 is 0 Å². The minimum absolute atomic E-state index is 0.0852. The van der Waals surface area contributed by atoms with Gasteiger partial charge in [-0.15, -0.1) is 0 Å². The number of aliphatic carboxylic acids is 1. The molecule has 0 saturated heterocycles. The van der Waals surface area contributed by atoms with Crippen molar-refractivity contribution in [1.29, 1.82) is 0 Å². The zero-order chi connectivity index (χ0) is 11.8. The van der Waals surface area contributed by atoms with Gasteiger partial charge in [0.05, 0.1) is 19.9 Å². The molecule has 0 fully saturated rings. The van der Waals surface area contributed by atoms with E-state index in [4.69, 9.17) is 5.11 Å². The van der Waals surface area contributed by atoms with Crippen molar-refractivity contribution in [1.82, 2.24) is 15.5 Å². The number of rotatable bonds is 6. The van der Waals surface area contributed by atoms with Crippen molar-refractivity contribution >= 4 is 17.8 Å². The molecule has 0 aliphatic heterocycles. The van der Waals surface area contributed by atoms with Gasteiger partial charge >= 0.3 is 5.97 Å². The molecule has 2 amide bonds. The highest BCUT2D eigenvalue weighted by atomic mass is 16.4. The first-order chi connectivity index (χ1) is 6.91. The molecular formula is C8H15N3O4. The summed E-state index contributed by atoms with van der Waals surface area (Å²) in [5, 5.41) is 13.4. The van der Waals surface area contributed by atoms with Crippen molar-refractivity contribution in [3.05, 3.63) is 0 Å². The van der Waals surface area contributed by atoms with Crippen LogP contribution in [0.3, 0.4) is 0 Å². The average molecular weight is 217 g/mol. The summed E-state index contributed by atoms with van der Waals surface area (Å²) in [4.78, 5) is 33.0. The van der Waals surface area contributed by atoms with Gasteiger partial charge in [-0.25, -0.2) is 0 Å². The highest BCUT2D eigenvalue weighted by Crippen LogP contribution is 1.83. The smallest absolute Gasteiger partial charge is 0.317 e. The monoisotopic (exact) mass is 217 g/mol. The fourth-order valence-electron chi connectivity index (χ4n) is 0.805. The molecular weight excluding hydrogens is 202 g/mol. The van der Waals surface area contributed by atoms with Crippen molar-refractivity contribution in [3.63, 3.8) is 0 Å². The van der Waals surface area contributed by atoms with Crippen LogP contribution in [-0.2, 0) is 14.4 Å². The largest absolute Gasteiger partial charge is 0.480 e. The lowest BCUT2D eigenvalue weighted by molar-refractivity contribution is -0.139. The molecule has 0 heterocycles. The quantitative estimate of drug-likeness (QED) is 0.473. The highest BCUT2D eigenvalue weighted by molar-refractivity contribution is 5.73. The maximum atomic E-state index is 10.6. The summed E-state index contributed by atoms with van der Waals surface area (Å²) in [6.07, 6.45) is 0. The Hall–Kier alpha value is -1.63. The molecule has 0 radical (unpaired) electrons. The Balaban J connectivity index is 3.99. The predicted octanol–water partition coefficient (Wildman–Crippen LogP) is -1.44. The molecule has 0 unspecified atom stereocenters. The van der Waals surface area contributed by atoms with E-state index in [0.29, 0.717) is 0 Å². The molecule has 15 heavy (non-hydrogen) atoms. The van der Waals surface area contributed by atoms with Crippen LogP contribution in [0.25, 0.3) is 0 Å². The van der Waals surface area contributed by atoms with Gasteiger partial charge in [0, 0.05) is 13.8 Å². The Morgan fingerprint density at radius 2 is 1.47 bits per heavy atom. The Morgan fingerprint density at radius 1 is 1.07 bits per heavy atom. The van der Waals surface area contributed by atoms with Crippen LogP contribution >= 0.6 is 0 Å². The van der Waals surface area contributed by atoms with E-state index in [2.05, 4.69) is 10.6 Å². The van der Waals surface area contributed by atoms with Gasteiger partial charge in [0.1, 0.15) is 0 Å². The second kappa shape index (κ2) is 6.77. The lowest BCUT2D eigenvalue weighted by Gasteiger charge is -2.20. The first-order valence-electron chi connectivity index (χ1n) is 4.35. The van der Waals surface area contributed by atoms with E-state index in [1.54, 1.807) is 0 Å². The third-order valence-electron chi connectivity index (χ3n) is 1.46. The van der Waals surface area contributed by atoms with Crippen LogP contribution in [0.1, 0.15) is 13.8 Å². The summed E-state index contributed by atoms with van der Waals surface area (Å²) < 4.78 is 0. The second-order valence-corrected chi connectivity index (χ2v) is 3.00. The maximum absolute atomic E-state index is 10.6. The molecule has 0 aliphatic carbocycles. The summed E-state index contributed by atoms with van der Waals surface area (Å²) in [6, 6.07) is 0. The number of carbonyl (C=O) groups excluding carboxylic acids is 2. The van der Waals surface area contributed by atoms with Crippen LogP contribution in [0, 0.1) is 0 Å². The molecule has 0 aromatic carbocycles. The van der Waals surface area contributed by atoms with Crippen molar-refractivity contribution < 1.29 is 19.5 Å². The fraction of sp³-hybridized carbons (Fsp3) is 0.625. The Bertz CT molecular complexity index is 236. The zero-order valence-corrected chi connectivity index (χ0v) is 8.74.